The summed E-state index contributed by atoms with van der Waals surface area (Å²) in [6.07, 6.45) is 2.40. The summed E-state index contributed by atoms with van der Waals surface area (Å²) in [6, 6.07) is 2.80. The van der Waals surface area contributed by atoms with E-state index in [4.69, 9.17) is 5.84 Å². The molecule has 0 fully saturated rings. The monoisotopic (exact) mass is 280 g/mol. The second-order valence-electron chi connectivity index (χ2n) is 3.57. The molecule has 0 bridgehead atoms. The summed E-state index contributed by atoms with van der Waals surface area (Å²) >= 11 is 1.54. The summed E-state index contributed by atoms with van der Waals surface area (Å²) in [5, 5.41) is 16.6. The fourth-order valence-electron chi connectivity index (χ4n) is 1.47. The summed E-state index contributed by atoms with van der Waals surface area (Å²) in [7, 11) is 0. The molecule has 0 saturated carbocycles. The average molecular weight is 280 g/mol. The van der Waals surface area contributed by atoms with Gasteiger partial charge in [0.1, 0.15) is 5.82 Å². The number of nitro groups is 1. The van der Waals surface area contributed by atoms with Crippen LogP contribution < -0.4 is 16.6 Å². The molecule has 0 atom stereocenters. The van der Waals surface area contributed by atoms with Crippen LogP contribution in [0.25, 0.3) is 0 Å². The lowest BCUT2D eigenvalue weighted by Crippen LogP contribution is -2.12. The first kappa shape index (κ1) is 13.2. The molecule has 100 valence electrons. The van der Waals surface area contributed by atoms with Gasteiger partial charge < -0.3 is 10.7 Å². The first-order chi connectivity index (χ1) is 9.20. The molecule has 0 spiro atoms. The molecule has 19 heavy (non-hydrogen) atoms. The maximum atomic E-state index is 10.9. The van der Waals surface area contributed by atoms with Gasteiger partial charge in [0, 0.05) is 30.6 Å². The van der Waals surface area contributed by atoms with Gasteiger partial charge in [-0.05, 0) is 6.07 Å². The van der Waals surface area contributed by atoms with E-state index >= 15 is 0 Å². The number of nitrogens with zero attached hydrogens (tertiary/aromatic N) is 3. The van der Waals surface area contributed by atoms with Crippen molar-refractivity contribution in [3.05, 3.63) is 38.8 Å². The Hall–Kier alpha value is -2.26. The summed E-state index contributed by atoms with van der Waals surface area (Å²) in [5.74, 6) is 5.79. The number of nitrogens with two attached hydrogens (primary N) is 1. The molecule has 8 nitrogen and oxygen atoms in total. The Bertz CT molecular complexity index is 559. The Morgan fingerprint density at radius 2 is 2.32 bits per heavy atom. The van der Waals surface area contributed by atoms with Crippen LogP contribution in [0.2, 0.25) is 0 Å². The van der Waals surface area contributed by atoms with Crippen LogP contribution in [0.1, 0.15) is 5.01 Å². The van der Waals surface area contributed by atoms with Crippen molar-refractivity contribution in [3.63, 3.8) is 0 Å². The lowest BCUT2D eigenvalue weighted by Gasteiger charge is -2.07. The number of anilines is 2. The van der Waals surface area contributed by atoms with E-state index in [2.05, 4.69) is 20.7 Å². The fourth-order valence-corrected chi connectivity index (χ4v) is 2.09. The highest BCUT2D eigenvalue weighted by atomic mass is 32.1. The van der Waals surface area contributed by atoms with E-state index in [0.29, 0.717) is 18.8 Å². The minimum absolute atomic E-state index is 0.0851. The van der Waals surface area contributed by atoms with Crippen molar-refractivity contribution in [1.29, 1.82) is 0 Å². The van der Waals surface area contributed by atoms with Crippen LogP contribution in [0.4, 0.5) is 17.3 Å². The Morgan fingerprint density at radius 3 is 2.95 bits per heavy atom. The Morgan fingerprint density at radius 1 is 1.47 bits per heavy atom. The Balaban J connectivity index is 2.06. The lowest BCUT2D eigenvalue weighted by molar-refractivity contribution is -0.384. The van der Waals surface area contributed by atoms with Gasteiger partial charge in [-0.25, -0.2) is 15.8 Å². The molecule has 2 aromatic heterocycles. The van der Waals surface area contributed by atoms with Gasteiger partial charge in [-0.2, -0.15) is 0 Å². The third-order valence-electron chi connectivity index (χ3n) is 2.33. The lowest BCUT2D eigenvalue weighted by atomic mass is 10.3. The van der Waals surface area contributed by atoms with Crippen molar-refractivity contribution >= 4 is 28.7 Å². The van der Waals surface area contributed by atoms with Crippen molar-refractivity contribution in [2.24, 2.45) is 5.84 Å². The average Bonchev–Trinajstić information content (AvgIpc) is 2.91. The Kier molecular flexibility index (Phi) is 4.21. The molecule has 0 aliphatic rings. The quantitative estimate of drug-likeness (QED) is 0.415. The van der Waals surface area contributed by atoms with E-state index in [1.54, 1.807) is 6.20 Å². The third kappa shape index (κ3) is 3.36. The number of nitrogens with one attached hydrogen (secondary N) is 2. The zero-order chi connectivity index (χ0) is 13.7. The zero-order valence-corrected chi connectivity index (χ0v) is 10.7. The maximum Gasteiger partial charge on any atom is 0.311 e. The molecule has 0 amide bonds. The highest BCUT2D eigenvalue weighted by molar-refractivity contribution is 7.09. The highest BCUT2D eigenvalue weighted by Gasteiger charge is 2.15. The van der Waals surface area contributed by atoms with Crippen LogP contribution in [-0.4, -0.2) is 21.4 Å². The molecule has 2 aromatic rings. The van der Waals surface area contributed by atoms with Crippen molar-refractivity contribution in [1.82, 2.24) is 9.97 Å². The smallest absolute Gasteiger partial charge is 0.311 e. The van der Waals surface area contributed by atoms with Crippen molar-refractivity contribution < 1.29 is 4.92 Å². The molecule has 0 radical (unpaired) electrons. The number of pyridine rings is 1. The van der Waals surface area contributed by atoms with Crippen LogP contribution >= 0.6 is 11.3 Å². The van der Waals surface area contributed by atoms with Gasteiger partial charge in [-0.15, -0.1) is 11.3 Å². The van der Waals surface area contributed by atoms with Crippen molar-refractivity contribution in [2.75, 3.05) is 17.3 Å². The minimum Gasteiger partial charge on any atom is -0.364 e. The van der Waals surface area contributed by atoms with Crippen LogP contribution in [0, 0.1) is 10.1 Å². The second kappa shape index (κ2) is 6.07. The summed E-state index contributed by atoms with van der Waals surface area (Å²) in [5.41, 5.74) is 2.27. The SMILES string of the molecule is NNc1ccc([N+](=O)[O-])c(NCCc2nccs2)n1. The molecule has 0 aliphatic carbocycles. The molecule has 4 N–H and O–H groups in total. The second-order valence-corrected chi connectivity index (χ2v) is 4.55. The number of rotatable bonds is 6. The normalized spacial score (nSPS) is 10.2. The van der Waals surface area contributed by atoms with E-state index in [1.165, 1.54) is 23.5 Å². The molecule has 2 rings (SSSR count). The van der Waals surface area contributed by atoms with Crippen LogP contribution in [0.15, 0.2) is 23.7 Å². The highest BCUT2D eigenvalue weighted by Crippen LogP contribution is 2.23. The largest absolute Gasteiger partial charge is 0.364 e. The molecular formula is C10H12N6O2S. The van der Waals surface area contributed by atoms with Gasteiger partial charge in [0.25, 0.3) is 0 Å². The van der Waals surface area contributed by atoms with Gasteiger partial charge in [-0.3, -0.25) is 10.1 Å². The van der Waals surface area contributed by atoms with E-state index < -0.39 is 4.92 Å². The molecule has 0 unspecified atom stereocenters. The van der Waals surface area contributed by atoms with Crippen LogP contribution in [-0.2, 0) is 6.42 Å². The summed E-state index contributed by atoms with van der Waals surface area (Å²) < 4.78 is 0. The zero-order valence-electron chi connectivity index (χ0n) is 9.87. The third-order valence-corrected chi connectivity index (χ3v) is 3.17. The van der Waals surface area contributed by atoms with Gasteiger partial charge >= 0.3 is 5.69 Å². The number of nitrogen functional groups attached to an aromatic ring is 1. The number of aromatic nitrogens is 2. The van der Waals surface area contributed by atoms with Crippen LogP contribution in [0.3, 0.4) is 0 Å². The molecular weight excluding hydrogens is 268 g/mol. The molecule has 2 heterocycles. The fraction of sp³-hybridized carbons (Fsp3) is 0.200. The number of hydrogen-bond donors (Lipinski definition) is 3. The van der Waals surface area contributed by atoms with E-state index in [1.807, 2.05) is 5.38 Å². The summed E-state index contributed by atoms with van der Waals surface area (Å²) in [6.45, 7) is 0.509. The van der Waals surface area contributed by atoms with E-state index in [9.17, 15) is 10.1 Å². The molecule has 9 heteroatoms. The Labute approximate surface area is 112 Å². The maximum absolute atomic E-state index is 10.9. The van der Waals surface area contributed by atoms with E-state index in [-0.39, 0.29) is 11.5 Å². The number of thiazole rings is 1. The van der Waals surface area contributed by atoms with Gasteiger partial charge in [0.15, 0.2) is 0 Å². The topological polar surface area (TPSA) is 119 Å². The minimum atomic E-state index is -0.487. The van der Waals surface area contributed by atoms with Crippen LogP contribution in [0.5, 0.6) is 0 Å². The predicted molar refractivity (Wildman–Crippen MR) is 73.0 cm³/mol. The predicted octanol–water partition coefficient (Wildman–Crippen LogP) is 1.39. The number of hydrogen-bond acceptors (Lipinski definition) is 8. The van der Waals surface area contributed by atoms with Gasteiger partial charge in [-0.1, -0.05) is 0 Å². The molecule has 0 aliphatic heterocycles. The van der Waals surface area contributed by atoms with Gasteiger partial charge in [0.2, 0.25) is 5.82 Å². The molecule has 0 aromatic carbocycles. The van der Waals surface area contributed by atoms with E-state index in [0.717, 1.165) is 5.01 Å². The number of hydrazine groups is 1. The van der Waals surface area contributed by atoms with Gasteiger partial charge in [0.05, 0.1) is 9.93 Å². The molecule has 0 saturated heterocycles. The standard InChI is InChI=1S/C10H12N6O2S/c11-15-8-2-1-7(16(17)18)10(14-8)13-4-3-9-12-5-6-19-9/h1-2,5-6H,3-4,11H2,(H2,13,14,15). The van der Waals surface area contributed by atoms with Crippen molar-refractivity contribution in [2.45, 2.75) is 6.42 Å². The summed E-state index contributed by atoms with van der Waals surface area (Å²) in [4.78, 5) is 18.5. The first-order valence-corrected chi connectivity index (χ1v) is 6.33. The first-order valence-electron chi connectivity index (χ1n) is 5.45. The van der Waals surface area contributed by atoms with Crippen molar-refractivity contribution in [3.8, 4) is 0 Å².